The van der Waals surface area contributed by atoms with Crippen LogP contribution in [0.3, 0.4) is 0 Å². The minimum absolute atomic E-state index is 0.224. The van der Waals surface area contributed by atoms with Crippen LogP contribution in [0, 0.1) is 5.41 Å². The molecule has 0 spiro atoms. The third kappa shape index (κ3) is 8.88. The van der Waals surface area contributed by atoms with Crippen molar-refractivity contribution in [3.8, 4) is 0 Å². The summed E-state index contributed by atoms with van der Waals surface area (Å²) >= 11 is 1.38. The molecule has 0 fully saturated rings. The molecule has 0 atom stereocenters. The SMILES string of the molecule is COC(=O)CSCC(C)(C)C(=O)OCC[N+](C)(C)C. The van der Waals surface area contributed by atoms with Crippen LogP contribution in [-0.4, -0.2) is 69.3 Å². The Balaban J connectivity index is 4.03. The van der Waals surface area contributed by atoms with Crippen LogP contribution in [0.2, 0.25) is 0 Å². The van der Waals surface area contributed by atoms with Crippen molar-refractivity contribution in [2.24, 2.45) is 5.41 Å². The lowest BCUT2D eigenvalue weighted by Crippen LogP contribution is -2.39. The van der Waals surface area contributed by atoms with Crippen molar-refractivity contribution in [3.05, 3.63) is 0 Å². The Hall–Kier alpha value is -0.750. The molecule has 0 amide bonds. The Morgan fingerprint density at radius 2 is 1.79 bits per heavy atom. The number of carbonyl (C=O) groups excluding carboxylic acids is 2. The fraction of sp³-hybridized carbons (Fsp3) is 0.846. The minimum Gasteiger partial charge on any atom is -0.468 e. The smallest absolute Gasteiger partial charge is 0.315 e. The summed E-state index contributed by atoms with van der Waals surface area (Å²) in [6.07, 6.45) is 0. The third-order valence-electron chi connectivity index (χ3n) is 2.46. The maximum absolute atomic E-state index is 11.9. The number of nitrogens with zero attached hydrogens (tertiary/aromatic N) is 1. The van der Waals surface area contributed by atoms with Gasteiger partial charge in [-0.3, -0.25) is 9.59 Å². The first-order chi connectivity index (χ1) is 8.58. The largest absolute Gasteiger partial charge is 0.468 e. The highest BCUT2D eigenvalue weighted by molar-refractivity contribution is 7.99. The molecule has 19 heavy (non-hydrogen) atoms. The van der Waals surface area contributed by atoms with Gasteiger partial charge < -0.3 is 14.0 Å². The summed E-state index contributed by atoms with van der Waals surface area (Å²) in [6, 6.07) is 0. The summed E-state index contributed by atoms with van der Waals surface area (Å²) in [5, 5.41) is 0. The van der Waals surface area contributed by atoms with Gasteiger partial charge in [-0.15, -0.1) is 11.8 Å². The lowest BCUT2D eigenvalue weighted by Gasteiger charge is -2.26. The molecule has 0 heterocycles. The standard InChI is InChI=1S/C13H26NO4S/c1-13(2,10-19-9-11(15)17-6)12(16)18-8-7-14(3,4)5/h7-10H2,1-6H3/q+1. The molecule has 6 heteroatoms. The van der Waals surface area contributed by atoms with Crippen molar-refractivity contribution in [3.63, 3.8) is 0 Å². The van der Waals surface area contributed by atoms with Crippen molar-refractivity contribution >= 4 is 23.7 Å². The van der Waals surface area contributed by atoms with E-state index in [-0.39, 0.29) is 17.7 Å². The van der Waals surface area contributed by atoms with E-state index in [4.69, 9.17) is 4.74 Å². The molecule has 0 unspecified atom stereocenters. The third-order valence-corrected chi connectivity index (χ3v) is 3.82. The quantitative estimate of drug-likeness (QED) is 0.496. The highest BCUT2D eigenvalue weighted by atomic mass is 32.2. The highest BCUT2D eigenvalue weighted by Gasteiger charge is 2.30. The number of likely N-dealkylation sites (N-methyl/N-ethyl adjacent to an activating group) is 1. The summed E-state index contributed by atoms with van der Waals surface area (Å²) in [6.45, 7) is 4.83. The molecule has 0 saturated heterocycles. The Morgan fingerprint density at radius 1 is 1.21 bits per heavy atom. The van der Waals surface area contributed by atoms with Crippen molar-refractivity contribution in [2.45, 2.75) is 13.8 Å². The Labute approximate surface area is 120 Å². The Kier molecular flexibility index (Phi) is 7.44. The average molecular weight is 292 g/mol. The van der Waals surface area contributed by atoms with Gasteiger partial charge in [0.2, 0.25) is 0 Å². The van der Waals surface area contributed by atoms with Crippen LogP contribution in [-0.2, 0) is 19.1 Å². The van der Waals surface area contributed by atoms with Gasteiger partial charge in [-0.2, -0.15) is 0 Å². The highest BCUT2D eigenvalue weighted by Crippen LogP contribution is 2.23. The van der Waals surface area contributed by atoms with Crippen LogP contribution in [0.25, 0.3) is 0 Å². The number of rotatable bonds is 8. The maximum Gasteiger partial charge on any atom is 0.315 e. The number of hydrogen-bond donors (Lipinski definition) is 0. The van der Waals surface area contributed by atoms with Crippen LogP contribution >= 0.6 is 11.8 Å². The summed E-state index contributed by atoms with van der Waals surface area (Å²) in [7, 11) is 7.49. The van der Waals surface area contributed by atoms with Crippen molar-refractivity contribution in [1.29, 1.82) is 0 Å². The molecule has 0 aliphatic heterocycles. The van der Waals surface area contributed by atoms with E-state index >= 15 is 0 Å². The number of hydrogen-bond acceptors (Lipinski definition) is 5. The molecule has 0 aromatic carbocycles. The number of carbonyl (C=O) groups is 2. The predicted molar refractivity (Wildman–Crippen MR) is 77.0 cm³/mol. The lowest BCUT2D eigenvalue weighted by molar-refractivity contribution is -0.870. The summed E-state index contributed by atoms with van der Waals surface area (Å²) < 4.78 is 10.6. The Morgan fingerprint density at radius 3 is 2.26 bits per heavy atom. The van der Waals surface area contributed by atoms with E-state index in [1.165, 1.54) is 18.9 Å². The van der Waals surface area contributed by atoms with Gasteiger partial charge in [0.05, 0.1) is 39.4 Å². The minimum atomic E-state index is -0.594. The van der Waals surface area contributed by atoms with Gasteiger partial charge in [0.25, 0.3) is 0 Å². The average Bonchev–Trinajstić information content (AvgIpc) is 2.26. The molecule has 0 saturated carbocycles. The molecule has 0 N–H and O–H groups in total. The first kappa shape index (κ1) is 18.2. The molecular weight excluding hydrogens is 266 g/mol. The molecule has 0 rings (SSSR count). The molecule has 112 valence electrons. The topological polar surface area (TPSA) is 52.6 Å². The second-order valence-corrected chi connectivity index (χ2v) is 7.09. The fourth-order valence-electron chi connectivity index (χ4n) is 1.11. The van der Waals surface area contributed by atoms with E-state index in [2.05, 4.69) is 4.74 Å². The molecule has 0 bridgehead atoms. The number of ether oxygens (including phenoxy) is 2. The molecule has 0 aliphatic rings. The summed E-state index contributed by atoms with van der Waals surface area (Å²) in [5.41, 5.74) is -0.594. The van der Waals surface area contributed by atoms with E-state index in [9.17, 15) is 9.59 Å². The van der Waals surface area contributed by atoms with Gasteiger partial charge in [-0.25, -0.2) is 0 Å². The number of quaternary nitrogens is 1. The second kappa shape index (κ2) is 7.75. The number of thioether (sulfide) groups is 1. The van der Waals surface area contributed by atoms with Crippen LogP contribution in [0.5, 0.6) is 0 Å². The lowest BCUT2D eigenvalue weighted by atomic mass is 9.97. The van der Waals surface area contributed by atoms with Crippen molar-refractivity contribution < 1.29 is 23.5 Å². The Bertz CT molecular complexity index is 310. The van der Waals surface area contributed by atoms with Crippen LogP contribution < -0.4 is 0 Å². The van der Waals surface area contributed by atoms with Gasteiger partial charge >= 0.3 is 11.9 Å². The van der Waals surface area contributed by atoms with Gasteiger partial charge in [0.1, 0.15) is 13.2 Å². The van der Waals surface area contributed by atoms with E-state index in [0.717, 1.165) is 11.0 Å². The van der Waals surface area contributed by atoms with Crippen molar-refractivity contribution in [2.75, 3.05) is 52.9 Å². The first-order valence-electron chi connectivity index (χ1n) is 6.21. The molecule has 5 nitrogen and oxygen atoms in total. The summed E-state index contributed by atoms with van der Waals surface area (Å²) in [4.78, 5) is 22.9. The van der Waals surface area contributed by atoms with Gasteiger partial charge in [-0.1, -0.05) is 0 Å². The molecule has 0 aromatic heterocycles. The predicted octanol–water partition coefficient (Wildman–Crippen LogP) is 1.17. The first-order valence-corrected chi connectivity index (χ1v) is 7.36. The van der Waals surface area contributed by atoms with Gasteiger partial charge in [0, 0.05) is 5.75 Å². The number of esters is 2. The maximum atomic E-state index is 11.9. The number of methoxy groups -OCH3 is 1. The van der Waals surface area contributed by atoms with Crippen molar-refractivity contribution in [1.82, 2.24) is 0 Å². The molecule has 0 aliphatic carbocycles. The molecule has 0 aromatic rings. The van der Waals surface area contributed by atoms with E-state index in [1.807, 2.05) is 35.0 Å². The molecule has 0 radical (unpaired) electrons. The molecular formula is C13H26NO4S+. The van der Waals surface area contributed by atoms with Gasteiger partial charge in [0.15, 0.2) is 0 Å². The monoisotopic (exact) mass is 292 g/mol. The summed E-state index contributed by atoms with van der Waals surface area (Å²) in [5.74, 6) is 0.287. The van der Waals surface area contributed by atoms with E-state index in [0.29, 0.717) is 12.4 Å². The van der Waals surface area contributed by atoms with Crippen LogP contribution in [0.1, 0.15) is 13.8 Å². The van der Waals surface area contributed by atoms with E-state index < -0.39 is 5.41 Å². The zero-order valence-electron chi connectivity index (χ0n) is 12.8. The van der Waals surface area contributed by atoms with E-state index in [1.54, 1.807) is 0 Å². The fourth-order valence-corrected chi connectivity index (χ4v) is 2.13. The normalized spacial score (nSPS) is 12.1. The van der Waals surface area contributed by atoms with Gasteiger partial charge in [-0.05, 0) is 13.8 Å². The zero-order valence-corrected chi connectivity index (χ0v) is 13.6. The zero-order chi connectivity index (χ0) is 15.1. The van der Waals surface area contributed by atoms with Crippen LogP contribution in [0.15, 0.2) is 0 Å². The second-order valence-electron chi connectivity index (χ2n) is 6.10. The van der Waals surface area contributed by atoms with Crippen LogP contribution in [0.4, 0.5) is 0 Å².